The van der Waals surface area contributed by atoms with Crippen LogP contribution in [-0.4, -0.2) is 18.4 Å². The van der Waals surface area contributed by atoms with E-state index in [9.17, 15) is 4.39 Å². The molecule has 0 aliphatic carbocycles. The van der Waals surface area contributed by atoms with Crippen LogP contribution in [0.15, 0.2) is 0 Å². The molecule has 0 aliphatic rings. The zero-order chi connectivity index (χ0) is 7.98. The molecule has 0 saturated carbocycles. The second kappa shape index (κ2) is 5.66. The molecule has 0 aromatic carbocycles. The number of hydrogen-bond acceptors (Lipinski definition) is 1. The maximum atomic E-state index is 11.9. The van der Waals surface area contributed by atoms with Crippen molar-refractivity contribution in [2.45, 2.75) is 26.7 Å². The van der Waals surface area contributed by atoms with Gasteiger partial charge in [0.15, 0.2) is 0 Å². The van der Waals surface area contributed by atoms with Crippen molar-refractivity contribution in [3.8, 4) is 0 Å². The lowest BCUT2D eigenvalue weighted by atomic mass is 10.00. The van der Waals surface area contributed by atoms with Gasteiger partial charge in [-0.2, -0.15) is 0 Å². The fourth-order valence-electron chi connectivity index (χ4n) is 0.786. The van der Waals surface area contributed by atoms with Gasteiger partial charge >= 0.3 is 0 Å². The summed E-state index contributed by atoms with van der Waals surface area (Å²) in [7, 11) is 0. The average molecular weight is 148 g/mol. The molecule has 1 atom stereocenters. The van der Waals surface area contributed by atoms with E-state index in [1.807, 2.05) is 0 Å². The molecule has 1 unspecified atom stereocenters. The molecule has 0 amide bonds. The van der Waals surface area contributed by atoms with E-state index >= 15 is 0 Å². The summed E-state index contributed by atoms with van der Waals surface area (Å²) in [5, 5.41) is 8.60. The predicted octanol–water partition coefficient (Wildman–Crippen LogP) is 2.00. The van der Waals surface area contributed by atoms with Crippen molar-refractivity contribution >= 4 is 0 Å². The molecular formula is C8H17FO. The first-order valence-electron chi connectivity index (χ1n) is 3.87. The van der Waals surface area contributed by atoms with Gasteiger partial charge in [0.05, 0.1) is 6.67 Å². The minimum Gasteiger partial charge on any atom is -0.396 e. The van der Waals surface area contributed by atoms with E-state index in [1.165, 1.54) is 0 Å². The average Bonchev–Trinajstić information content (AvgIpc) is 1.90. The van der Waals surface area contributed by atoms with E-state index in [1.54, 1.807) is 0 Å². The van der Waals surface area contributed by atoms with Crippen LogP contribution in [0.5, 0.6) is 0 Å². The minimum absolute atomic E-state index is 0.0107. The summed E-state index contributed by atoms with van der Waals surface area (Å²) in [6.07, 6.45) is 1.82. The highest BCUT2D eigenvalue weighted by molar-refractivity contribution is 4.57. The van der Waals surface area contributed by atoms with Crippen molar-refractivity contribution in [2.75, 3.05) is 13.3 Å². The first-order chi connectivity index (χ1) is 4.70. The fourth-order valence-corrected chi connectivity index (χ4v) is 0.786. The van der Waals surface area contributed by atoms with Crippen molar-refractivity contribution in [2.24, 2.45) is 11.8 Å². The summed E-state index contributed by atoms with van der Waals surface area (Å²) in [5.74, 6) is 0.489. The molecule has 10 heavy (non-hydrogen) atoms. The van der Waals surface area contributed by atoms with Crippen LogP contribution in [-0.2, 0) is 0 Å². The van der Waals surface area contributed by atoms with Crippen LogP contribution in [0.2, 0.25) is 0 Å². The number of alkyl halides is 1. The molecule has 0 fully saturated rings. The second-order valence-electron chi connectivity index (χ2n) is 3.17. The summed E-state index contributed by atoms with van der Waals surface area (Å²) >= 11 is 0. The molecule has 0 radical (unpaired) electrons. The van der Waals surface area contributed by atoms with Crippen LogP contribution in [0.3, 0.4) is 0 Å². The molecule has 62 valence electrons. The Balaban J connectivity index is 3.26. The summed E-state index contributed by atoms with van der Waals surface area (Å²) in [6, 6.07) is 0. The zero-order valence-corrected chi connectivity index (χ0v) is 6.81. The number of hydrogen-bond donors (Lipinski definition) is 1. The Morgan fingerprint density at radius 1 is 1.30 bits per heavy atom. The van der Waals surface area contributed by atoms with Gasteiger partial charge in [-0.05, 0) is 12.3 Å². The SMILES string of the molecule is CC(C)CCC(CO)CF. The fraction of sp³-hybridized carbons (Fsp3) is 1.00. The molecule has 0 aromatic heterocycles. The largest absolute Gasteiger partial charge is 0.396 e. The third-order valence-electron chi connectivity index (χ3n) is 1.63. The first-order valence-corrected chi connectivity index (χ1v) is 3.87. The molecule has 0 heterocycles. The smallest absolute Gasteiger partial charge is 0.0944 e. The Bertz CT molecular complexity index is 69.7. The lowest BCUT2D eigenvalue weighted by molar-refractivity contribution is 0.183. The van der Waals surface area contributed by atoms with Gasteiger partial charge in [0.2, 0.25) is 0 Å². The highest BCUT2D eigenvalue weighted by Gasteiger charge is 2.06. The summed E-state index contributed by atoms with van der Waals surface area (Å²) in [6.45, 7) is 3.81. The van der Waals surface area contributed by atoms with Gasteiger partial charge in [-0.3, -0.25) is 4.39 Å². The van der Waals surface area contributed by atoms with Crippen LogP contribution >= 0.6 is 0 Å². The number of rotatable bonds is 5. The van der Waals surface area contributed by atoms with Gasteiger partial charge in [0, 0.05) is 12.5 Å². The van der Waals surface area contributed by atoms with Gasteiger partial charge in [-0.1, -0.05) is 20.3 Å². The van der Waals surface area contributed by atoms with E-state index in [4.69, 9.17) is 5.11 Å². The van der Waals surface area contributed by atoms with Crippen molar-refractivity contribution in [3.05, 3.63) is 0 Å². The standard InChI is InChI=1S/C8H17FO/c1-7(2)3-4-8(5-9)6-10/h7-8,10H,3-6H2,1-2H3. The van der Waals surface area contributed by atoms with E-state index in [0.29, 0.717) is 5.92 Å². The van der Waals surface area contributed by atoms with E-state index in [2.05, 4.69) is 13.8 Å². The molecule has 2 heteroatoms. The van der Waals surface area contributed by atoms with Crippen molar-refractivity contribution in [3.63, 3.8) is 0 Å². The Labute approximate surface area is 62.3 Å². The monoisotopic (exact) mass is 148 g/mol. The Hall–Kier alpha value is -0.110. The summed E-state index contributed by atoms with van der Waals surface area (Å²) < 4.78 is 11.9. The Morgan fingerprint density at radius 3 is 2.20 bits per heavy atom. The van der Waals surface area contributed by atoms with Crippen molar-refractivity contribution in [1.29, 1.82) is 0 Å². The van der Waals surface area contributed by atoms with Gasteiger partial charge in [-0.15, -0.1) is 0 Å². The van der Waals surface area contributed by atoms with Crippen molar-refractivity contribution < 1.29 is 9.50 Å². The van der Waals surface area contributed by atoms with Gasteiger partial charge in [0.1, 0.15) is 0 Å². The molecule has 0 bridgehead atoms. The minimum atomic E-state index is -0.386. The van der Waals surface area contributed by atoms with Crippen LogP contribution in [0.1, 0.15) is 26.7 Å². The van der Waals surface area contributed by atoms with E-state index < -0.39 is 0 Å². The highest BCUT2D eigenvalue weighted by Crippen LogP contribution is 2.11. The number of aliphatic hydroxyl groups excluding tert-OH is 1. The highest BCUT2D eigenvalue weighted by atomic mass is 19.1. The van der Waals surface area contributed by atoms with Crippen LogP contribution in [0.4, 0.5) is 4.39 Å². The summed E-state index contributed by atoms with van der Waals surface area (Å²) in [4.78, 5) is 0. The molecule has 0 aromatic rings. The molecular weight excluding hydrogens is 131 g/mol. The molecule has 0 rings (SSSR count). The third kappa shape index (κ3) is 4.74. The van der Waals surface area contributed by atoms with Crippen LogP contribution in [0.25, 0.3) is 0 Å². The number of halogens is 1. The van der Waals surface area contributed by atoms with Crippen LogP contribution in [0, 0.1) is 11.8 Å². The quantitative estimate of drug-likeness (QED) is 0.632. The molecule has 1 nitrogen and oxygen atoms in total. The van der Waals surface area contributed by atoms with Gasteiger partial charge in [-0.25, -0.2) is 0 Å². The maximum Gasteiger partial charge on any atom is 0.0944 e. The lowest BCUT2D eigenvalue weighted by Gasteiger charge is -2.10. The molecule has 0 aliphatic heterocycles. The topological polar surface area (TPSA) is 20.2 Å². The Kier molecular flexibility index (Phi) is 5.60. The predicted molar refractivity (Wildman–Crippen MR) is 40.6 cm³/mol. The number of aliphatic hydroxyl groups is 1. The first kappa shape index (κ1) is 9.89. The van der Waals surface area contributed by atoms with Gasteiger partial charge < -0.3 is 5.11 Å². The zero-order valence-electron chi connectivity index (χ0n) is 6.81. The maximum absolute atomic E-state index is 11.9. The molecule has 0 saturated heterocycles. The third-order valence-corrected chi connectivity index (χ3v) is 1.63. The van der Waals surface area contributed by atoms with Crippen LogP contribution < -0.4 is 0 Å². The normalized spacial score (nSPS) is 14.1. The van der Waals surface area contributed by atoms with Gasteiger partial charge in [0.25, 0.3) is 0 Å². The molecule has 0 spiro atoms. The van der Waals surface area contributed by atoms with E-state index in [0.717, 1.165) is 12.8 Å². The summed E-state index contributed by atoms with van der Waals surface area (Å²) in [5.41, 5.74) is 0. The second-order valence-corrected chi connectivity index (χ2v) is 3.17. The lowest BCUT2D eigenvalue weighted by Crippen LogP contribution is -2.09. The van der Waals surface area contributed by atoms with E-state index in [-0.39, 0.29) is 19.2 Å². The Morgan fingerprint density at radius 2 is 1.90 bits per heavy atom. The molecule has 1 N–H and O–H groups in total. The van der Waals surface area contributed by atoms with Crippen molar-refractivity contribution in [1.82, 2.24) is 0 Å².